The highest BCUT2D eigenvalue weighted by Crippen LogP contribution is 2.35. The van der Waals surface area contributed by atoms with Crippen LogP contribution in [-0.2, 0) is 20.9 Å². The standard InChI is InChI=1S/C22H19BrFNO5S/c1-13(2)30-20(26)11-25-21(27)19(31-22(25)28)10-15-9-16(23)7-8-18(15)29-12-14-5-3-4-6-17(14)24/h3-10,13H,11-12H2,1-2H3/b19-10-. The molecule has 6 nitrogen and oxygen atoms in total. The highest BCUT2D eigenvalue weighted by Gasteiger charge is 2.37. The van der Waals surface area contributed by atoms with Crippen molar-refractivity contribution in [2.75, 3.05) is 6.54 Å². The summed E-state index contributed by atoms with van der Waals surface area (Å²) in [5.41, 5.74) is 0.918. The van der Waals surface area contributed by atoms with Crippen LogP contribution in [-0.4, -0.2) is 34.7 Å². The molecule has 1 saturated heterocycles. The number of halogens is 2. The van der Waals surface area contributed by atoms with Crippen molar-refractivity contribution >= 4 is 50.9 Å². The number of nitrogens with zero attached hydrogens (tertiary/aromatic N) is 1. The fraction of sp³-hybridized carbons (Fsp3) is 0.227. The summed E-state index contributed by atoms with van der Waals surface area (Å²) < 4.78 is 25.4. The van der Waals surface area contributed by atoms with Crippen molar-refractivity contribution in [1.29, 1.82) is 0 Å². The number of carbonyl (C=O) groups is 3. The third-order valence-corrected chi connectivity index (χ3v) is 5.53. The van der Waals surface area contributed by atoms with Gasteiger partial charge >= 0.3 is 5.97 Å². The van der Waals surface area contributed by atoms with E-state index in [1.807, 2.05) is 0 Å². The minimum absolute atomic E-state index is 0.00231. The van der Waals surface area contributed by atoms with Crippen LogP contribution in [0.1, 0.15) is 25.0 Å². The van der Waals surface area contributed by atoms with Crippen LogP contribution >= 0.6 is 27.7 Å². The van der Waals surface area contributed by atoms with Crippen molar-refractivity contribution in [3.63, 3.8) is 0 Å². The van der Waals surface area contributed by atoms with E-state index in [2.05, 4.69) is 15.9 Å². The maximum atomic E-state index is 13.9. The van der Waals surface area contributed by atoms with Crippen LogP contribution in [0.3, 0.4) is 0 Å². The van der Waals surface area contributed by atoms with Gasteiger partial charge in [-0.3, -0.25) is 19.3 Å². The molecule has 1 aliphatic heterocycles. The number of ether oxygens (including phenoxy) is 2. The molecule has 0 atom stereocenters. The van der Waals surface area contributed by atoms with Gasteiger partial charge in [0.25, 0.3) is 11.1 Å². The van der Waals surface area contributed by atoms with E-state index in [4.69, 9.17) is 9.47 Å². The molecule has 3 rings (SSSR count). The molecule has 9 heteroatoms. The molecule has 0 aromatic heterocycles. The fourth-order valence-corrected chi connectivity index (χ4v) is 3.95. The highest BCUT2D eigenvalue weighted by molar-refractivity contribution is 9.10. The smallest absolute Gasteiger partial charge is 0.326 e. The molecule has 31 heavy (non-hydrogen) atoms. The molecule has 0 spiro atoms. The van der Waals surface area contributed by atoms with E-state index >= 15 is 0 Å². The van der Waals surface area contributed by atoms with E-state index in [-0.39, 0.29) is 23.4 Å². The molecule has 0 radical (unpaired) electrons. The van der Waals surface area contributed by atoms with Crippen LogP contribution in [0.4, 0.5) is 9.18 Å². The number of imide groups is 1. The third-order valence-electron chi connectivity index (χ3n) is 4.13. The summed E-state index contributed by atoms with van der Waals surface area (Å²) in [6, 6.07) is 11.4. The monoisotopic (exact) mass is 507 g/mol. The maximum absolute atomic E-state index is 13.9. The lowest BCUT2D eigenvalue weighted by Gasteiger charge is -2.13. The van der Waals surface area contributed by atoms with Gasteiger partial charge in [-0.25, -0.2) is 4.39 Å². The summed E-state index contributed by atoms with van der Waals surface area (Å²) >= 11 is 4.10. The van der Waals surface area contributed by atoms with E-state index < -0.39 is 23.7 Å². The summed E-state index contributed by atoms with van der Waals surface area (Å²) in [5.74, 6) is -1.21. The lowest BCUT2D eigenvalue weighted by Crippen LogP contribution is -2.35. The SMILES string of the molecule is CC(C)OC(=O)CN1C(=O)S/C(=C\c2cc(Br)ccc2OCc2ccccc2F)C1=O. The minimum Gasteiger partial charge on any atom is -0.488 e. The molecule has 0 N–H and O–H groups in total. The molecular weight excluding hydrogens is 489 g/mol. The van der Waals surface area contributed by atoms with Gasteiger partial charge in [0.2, 0.25) is 0 Å². The van der Waals surface area contributed by atoms with Gasteiger partial charge in [0.15, 0.2) is 0 Å². The van der Waals surface area contributed by atoms with Crippen LogP contribution in [0.5, 0.6) is 5.75 Å². The summed E-state index contributed by atoms with van der Waals surface area (Å²) in [7, 11) is 0. The topological polar surface area (TPSA) is 72.9 Å². The Morgan fingerprint density at radius 3 is 2.68 bits per heavy atom. The van der Waals surface area contributed by atoms with Crippen molar-refractivity contribution in [3.05, 3.63) is 68.8 Å². The first-order valence-corrected chi connectivity index (χ1v) is 11.0. The molecule has 2 amide bonds. The largest absolute Gasteiger partial charge is 0.488 e. The molecule has 0 saturated carbocycles. The Bertz CT molecular complexity index is 1060. The average Bonchev–Trinajstić information content (AvgIpc) is 2.95. The van der Waals surface area contributed by atoms with Crippen molar-refractivity contribution in [3.8, 4) is 5.75 Å². The molecular formula is C22H19BrFNO5S. The van der Waals surface area contributed by atoms with Gasteiger partial charge in [0.05, 0.1) is 11.0 Å². The molecule has 162 valence electrons. The number of amides is 2. The van der Waals surface area contributed by atoms with Crippen molar-refractivity contribution in [1.82, 2.24) is 4.90 Å². The lowest BCUT2D eigenvalue weighted by atomic mass is 10.1. The van der Waals surface area contributed by atoms with E-state index in [0.717, 1.165) is 21.1 Å². The van der Waals surface area contributed by atoms with E-state index in [1.165, 1.54) is 12.1 Å². The second-order valence-corrected chi connectivity index (χ2v) is 8.78. The minimum atomic E-state index is -0.657. The Labute approximate surface area is 191 Å². The summed E-state index contributed by atoms with van der Waals surface area (Å²) in [6.45, 7) is 2.91. The van der Waals surface area contributed by atoms with Crippen LogP contribution < -0.4 is 4.74 Å². The number of thioether (sulfide) groups is 1. The normalized spacial score (nSPS) is 15.1. The number of hydrogen-bond donors (Lipinski definition) is 0. The summed E-state index contributed by atoms with van der Waals surface area (Å²) in [4.78, 5) is 37.8. The van der Waals surface area contributed by atoms with E-state index in [9.17, 15) is 18.8 Å². The van der Waals surface area contributed by atoms with Crippen LogP contribution in [0, 0.1) is 5.82 Å². The zero-order chi connectivity index (χ0) is 22.5. The van der Waals surface area contributed by atoms with Gasteiger partial charge in [-0.05, 0) is 56.0 Å². The molecule has 1 aliphatic rings. The summed E-state index contributed by atoms with van der Waals surface area (Å²) in [5, 5.41) is -0.555. The molecule has 2 aromatic carbocycles. The van der Waals surface area contributed by atoms with Gasteiger partial charge in [-0.1, -0.05) is 34.1 Å². The van der Waals surface area contributed by atoms with Crippen LogP contribution in [0.15, 0.2) is 51.8 Å². The number of rotatable bonds is 7. The zero-order valence-electron chi connectivity index (χ0n) is 16.8. The van der Waals surface area contributed by atoms with Gasteiger partial charge in [-0.2, -0.15) is 0 Å². The Kier molecular flexibility index (Phi) is 7.50. The second-order valence-electron chi connectivity index (χ2n) is 6.87. The number of benzene rings is 2. The highest BCUT2D eigenvalue weighted by atomic mass is 79.9. The predicted molar refractivity (Wildman–Crippen MR) is 119 cm³/mol. The Morgan fingerprint density at radius 2 is 1.97 bits per heavy atom. The van der Waals surface area contributed by atoms with Crippen LogP contribution in [0.2, 0.25) is 0 Å². The first-order valence-electron chi connectivity index (χ1n) is 9.35. The lowest BCUT2D eigenvalue weighted by molar-refractivity contribution is -0.149. The van der Waals surface area contributed by atoms with Crippen molar-refractivity contribution < 1.29 is 28.2 Å². The zero-order valence-corrected chi connectivity index (χ0v) is 19.2. The molecule has 2 aromatic rings. The quantitative estimate of drug-likeness (QED) is 0.380. The predicted octanol–water partition coefficient (Wildman–Crippen LogP) is 5.16. The average molecular weight is 508 g/mol. The van der Waals surface area contributed by atoms with Crippen molar-refractivity contribution in [2.24, 2.45) is 0 Å². The van der Waals surface area contributed by atoms with Gasteiger partial charge in [0.1, 0.15) is 24.7 Å². The van der Waals surface area contributed by atoms with Gasteiger partial charge < -0.3 is 9.47 Å². The number of esters is 1. The number of carbonyl (C=O) groups excluding carboxylic acids is 3. The van der Waals surface area contributed by atoms with E-state index in [0.29, 0.717) is 16.9 Å². The Morgan fingerprint density at radius 1 is 1.23 bits per heavy atom. The summed E-state index contributed by atoms with van der Waals surface area (Å²) in [6.07, 6.45) is 1.17. The van der Waals surface area contributed by atoms with Crippen LogP contribution in [0.25, 0.3) is 6.08 Å². The molecule has 1 heterocycles. The maximum Gasteiger partial charge on any atom is 0.326 e. The molecule has 0 bridgehead atoms. The number of hydrogen-bond acceptors (Lipinski definition) is 6. The first kappa shape index (κ1) is 23.0. The second kappa shape index (κ2) is 10.1. The van der Waals surface area contributed by atoms with E-state index in [1.54, 1.807) is 50.2 Å². The Hall–Kier alpha value is -2.65. The van der Waals surface area contributed by atoms with Crippen molar-refractivity contribution in [2.45, 2.75) is 26.6 Å². The fourth-order valence-electron chi connectivity index (χ4n) is 2.74. The third kappa shape index (κ3) is 5.95. The Balaban J connectivity index is 1.80. The van der Waals surface area contributed by atoms with Gasteiger partial charge in [0, 0.05) is 15.6 Å². The molecule has 0 aliphatic carbocycles. The van der Waals surface area contributed by atoms with Gasteiger partial charge in [-0.15, -0.1) is 0 Å². The molecule has 1 fully saturated rings. The molecule has 0 unspecified atom stereocenters. The first-order chi connectivity index (χ1) is 14.7.